The molecule has 1 amide bonds. The lowest BCUT2D eigenvalue weighted by molar-refractivity contribution is -0.119. The minimum absolute atomic E-state index is 0.0935. The molecule has 0 aliphatic rings. The number of amides is 1. The van der Waals surface area contributed by atoms with E-state index in [1.165, 1.54) is 0 Å². The molecule has 0 atom stereocenters. The van der Waals surface area contributed by atoms with Gasteiger partial charge in [0.25, 0.3) is 0 Å². The van der Waals surface area contributed by atoms with Crippen molar-refractivity contribution in [2.45, 2.75) is 33.7 Å². The summed E-state index contributed by atoms with van der Waals surface area (Å²) < 4.78 is 0. The van der Waals surface area contributed by atoms with Crippen LogP contribution in [0.1, 0.15) is 27.7 Å². The summed E-state index contributed by atoms with van der Waals surface area (Å²) in [5.41, 5.74) is 0. The quantitative estimate of drug-likeness (QED) is 0.790. The first-order valence-electron chi connectivity index (χ1n) is 6.66. The van der Waals surface area contributed by atoms with Gasteiger partial charge in [-0.2, -0.15) is 15.0 Å². The van der Waals surface area contributed by atoms with Gasteiger partial charge in [0.1, 0.15) is 0 Å². The zero-order valence-corrected chi connectivity index (χ0v) is 13.0. The Morgan fingerprint density at radius 3 is 2.45 bits per heavy atom. The molecule has 0 aliphatic carbocycles. The van der Waals surface area contributed by atoms with Crippen LogP contribution in [0.15, 0.2) is 0 Å². The van der Waals surface area contributed by atoms with Gasteiger partial charge in [-0.05, 0) is 39.3 Å². The van der Waals surface area contributed by atoms with E-state index < -0.39 is 0 Å². The average Bonchev–Trinajstić information content (AvgIpc) is 2.36. The van der Waals surface area contributed by atoms with Gasteiger partial charge in [0, 0.05) is 19.1 Å². The van der Waals surface area contributed by atoms with Gasteiger partial charge in [-0.1, -0.05) is 0 Å². The molecule has 0 aliphatic heterocycles. The highest BCUT2D eigenvalue weighted by Gasteiger charge is 2.11. The molecule has 0 saturated heterocycles. The van der Waals surface area contributed by atoms with E-state index in [0.29, 0.717) is 11.9 Å². The lowest BCUT2D eigenvalue weighted by Gasteiger charge is -2.18. The fourth-order valence-corrected chi connectivity index (χ4v) is 1.75. The highest BCUT2D eigenvalue weighted by Crippen LogP contribution is 2.13. The van der Waals surface area contributed by atoms with Gasteiger partial charge in [-0.3, -0.25) is 4.79 Å². The summed E-state index contributed by atoms with van der Waals surface area (Å²) in [5, 5.41) is 5.73. The van der Waals surface area contributed by atoms with Crippen LogP contribution in [0.5, 0.6) is 0 Å². The van der Waals surface area contributed by atoms with Gasteiger partial charge in [0.2, 0.25) is 23.1 Å². The van der Waals surface area contributed by atoms with E-state index in [1.807, 2.05) is 32.6 Å². The first-order valence-corrected chi connectivity index (χ1v) is 7.03. The second-order valence-corrected chi connectivity index (χ2v) is 4.81. The molecule has 0 radical (unpaired) electrons. The number of aromatic nitrogens is 3. The van der Waals surface area contributed by atoms with Crippen molar-refractivity contribution in [1.82, 2.24) is 20.3 Å². The summed E-state index contributed by atoms with van der Waals surface area (Å²) in [5.74, 6) is 0.675. The maximum Gasteiger partial charge on any atom is 0.239 e. The number of hydrogen-bond donors (Lipinski definition) is 2. The van der Waals surface area contributed by atoms with Crippen LogP contribution in [0.25, 0.3) is 0 Å². The van der Waals surface area contributed by atoms with Gasteiger partial charge in [-0.15, -0.1) is 0 Å². The van der Waals surface area contributed by atoms with E-state index in [1.54, 1.807) is 0 Å². The van der Waals surface area contributed by atoms with Crippen LogP contribution < -0.4 is 15.5 Å². The fraction of sp³-hybridized carbons (Fsp3) is 0.667. The predicted octanol–water partition coefficient (Wildman–Crippen LogP) is 1.31. The molecule has 0 aromatic carbocycles. The molecular formula is C12H21ClN6O. The molecule has 8 heteroatoms. The molecule has 20 heavy (non-hydrogen) atoms. The lowest BCUT2D eigenvalue weighted by atomic mass is 10.4. The second-order valence-electron chi connectivity index (χ2n) is 4.48. The molecule has 1 heterocycles. The Morgan fingerprint density at radius 2 is 1.90 bits per heavy atom. The summed E-state index contributed by atoms with van der Waals surface area (Å²) in [6.45, 7) is 9.44. The molecule has 0 bridgehead atoms. The number of rotatable bonds is 7. The zero-order valence-electron chi connectivity index (χ0n) is 12.3. The number of carbonyl (C=O) groups excluding carboxylic acids is 1. The third kappa shape index (κ3) is 5.16. The summed E-state index contributed by atoms with van der Waals surface area (Å²) >= 11 is 5.88. The largest absolute Gasteiger partial charge is 0.352 e. The lowest BCUT2D eigenvalue weighted by Crippen LogP contribution is -2.35. The van der Waals surface area contributed by atoms with Crippen molar-refractivity contribution in [2.24, 2.45) is 0 Å². The van der Waals surface area contributed by atoms with Crippen LogP contribution >= 0.6 is 11.6 Å². The SMILES string of the molecule is CCN(CC)c1nc(Cl)nc(NCC(=O)NC(C)C)n1. The second kappa shape index (κ2) is 7.84. The summed E-state index contributed by atoms with van der Waals surface area (Å²) in [4.78, 5) is 25.8. The number of nitrogens with zero attached hydrogens (tertiary/aromatic N) is 4. The van der Waals surface area contributed by atoms with Crippen LogP contribution in [-0.4, -0.2) is 46.5 Å². The number of halogens is 1. The first-order chi connectivity index (χ1) is 9.46. The monoisotopic (exact) mass is 300 g/mol. The van der Waals surface area contributed by atoms with Crippen molar-refractivity contribution in [2.75, 3.05) is 29.9 Å². The summed E-state index contributed by atoms with van der Waals surface area (Å²) in [6, 6.07) is 0.0949. The Hall–Kier alpha value is -1.63. The molecule has 112 valence electrons. The van der Waals surface area contributed by atoms with Gasteiger partial charge in [0.05, 0.1) is 6.54 Å². The molecule has 0 saturated carbocycles. The molecule has 0 spiro atoms. The van der Waals surface area contributed by atoms with Gasteiger partial charge in [-0.25, -0.2) is 0 Å². The van der Waals surface area contributed by atoms with Crippen LogP contribution in [0.2, 0.25) is 5.28 Å². The van der Waals surface area contributed by atoms with E-state index in [9.17, 15) is 4.79 Å². The first kappa shape index (κ1) is 16.4. The van der Waals surface area contributed by atoms with Crippen molar-refractivity contribution in [3.8, 4) is 0 Å². The highest BCUT2D eigenvalue weighted by molar-refractivity contribution is 6.28. The zero-order chi connectivity index (χ0) is 15.1. The van der Waals surface area contributed by atoms with E-state index in [4.69, 9.17) is 11.6 Å². The van der Waals surface area contributed by atoms with Crippen LogP contribution in [0.3, 0.4) is 0 Å². The molecule has 2 N–H and O–H groups in total. The minimum atomic E-state index is -0.124. The topological polar surface area (TPSA) is 83.0 Å². The van der Waals surface area contributed by atoms with Crippen molar-refractivity contribution in [3.05, 3.63) is 5.28 Å². The number of nitrogens with one attached hydrogen (secondary N) is 2. The molecule has 1 aromatic rings. The van der Waals surface area contributed by atoms with E-state index in [-0.39, 0.29) is 23.8 Å². The molecule has 1 aromatic heterocycles. The predicted molar refractivity (Wildman–Crippen MR) is 80.2 cm³/mol. The third-order valence-corrected chi connectivity index (χ3v) is 2.67. The Bertz CT molecular complexity index is 450. The molecular weight excluding hydrogens is 280 g/mol. The van der Waals surface area contributed by atoms with Crippen molar-refractivity contribution in [1.29, 1.82) is 0 Å². The Kier molecular flexibility index (Phi) is 6.44. The molecule has 0 fully saturated rings. The van der Waals surface area contributed by atoms with Crippen LogP contribution in [0.4, 0.5) is 11.9 Å². The standard InChI is InChI=1S/C12H21ClN6O/c1-5-19(6-2)12-17-10(13)16-11(18-12)14-7-9(20)15-8(3)4/h8H,5-7H2,1-4H3,(H,15,20)(H,14,16,17,18). The van der Waals surface area contributed by atoms with Crippen molar-refractivity contribution >= 4 is 29.4 Å². The maximum atomic E-state index is 11.6. The maximum absolute atomic E-state index is 11.6. The molecule has 1 rings (SSSR count). The summed E-state index contributed by atoms with van der Waals surface area (Å²) in [6.07, 6.45) is 0. The Morgan fingerprint density at radius 1 is 1.25 bits per heavy atom. The highest BCUT2D eigenvalue weighted by atomic mass is 35.5. The number of anilines is 2. The average molecular weight is 301 g/mol. The number of hydrogen-bond acceptors (Lipinski definition) is 6. The van der Waals surface area contributed by atoms with Crippen LogP contribution in [-0.2, 0) is 4.79 Å². The minimum Gasteiger partial charge on any atom is -0.352 e. The molecule has 7 nitrogen and oxygen atoms in total. The van der Waals surface area contributed by atoms with Crippen LogP contribution in [0, 0.1) is 0 Å². The molecule has 0 unspecified atom stereocenters. The number of carbonyl (C=O) groups is 1. The third-order valence-electron chi connectivity index (χ3n) is 2.50. The van der Waals surface area contributed by atoms with Crippen molar-refractivity contribution < 1.29 is 4.79 Å². The van der Waals surface area contributed by atoms with Gasteiger partial charge >= 0.3 is 0 Å². The normalized spacial score (nSPS) is 10.5. The van der Waals surface area contributed by atoms with Gasteiger partial charge < -0.3 is 15.5 Å². The van der Waals surface area contributed by atoms with Gasteiger partial charge in [0.15, 0.2) is 0 Å². The van der Waals surface area contributed by atoms with Crippen molar-refractivity contribution in [3.63, 3.8) is 0 Å². The fourth-order valence-electron chi connectivity index (χ4n) is 1.60. The van der Waals surface area contributed by atoms with E-state index in [0.717, 1.165) is 13.1 Å². The van der Waals surface area contributed by atoms with E-state index >= 15 is 0 Å². The van der Waals surface area contributed by atoms with E-state index in [2.05, 4.69) is 25.6 Å². The Balaban J connectivity index is 2.73. The smallest absolute Gasteiger partial charge is 0.239 e. The Labute approximate surface area is 124 Å². The summed E-state index contributed by atoms with van der Waals surface area (Å²) in [7, 11) is 0.